The zero-order chi connectivity index (χ0) is 19.6. The predicted octanol–water partition coefficient (Wildman–Crippen LogP) is 3.49. The maximum absolute atomic E-state index is 12.7. The SMILES string of the molecule is O=S(=O)(c1ccc(OCc2ccc(Cl)c3cccnc23)cc1)N1CCOCC1. The number of ether oxygens (including phenoxy) is 2. The first kappa shape index (κ1) is 19.1. The van der Waals surface area contributed by atoms with Gasteiger partial charge in [0.05, 0.1) is 23.6 Å². The minimum atomic E-state index is -3.51. The van der Waals surface area contributed by atoms with Gasteiger partial charge in [-0.1, -0.05) is 17.7 Å². The highest BCUT2D eigenvalue weighted by atomic mass is 35.5. The lowest BCUT2D eigenvalue weighted by Gasteiger charge is -2.26. The Morgan fingerprint density at radius 2 is 1.82 bits per heavy atom. The van der Waals surface area contributed by atoms with Gasteiger partial charge < -0.3 is 9.47 Å². The van der Waals surface area contributed by atoms with Gasteiger partial charge in [-0.05, 0) is 42.5 Å². The molecule has 1 saturated heterocycles. The zero-order valence-corrected chi connectivity index (χ0v) is 16.6. The standard InChI is InChI=1S/C20H19ClN2O4S/c21-19-8-3-15(20-18(19)2-1-9-22-20)14-27-16-4-6-17(7-5-16)28(24,25)23-10-12-26-13-11-23/h1-9H,10-14H2. The number of halogens is 1. The molecule has 3 aromatic rings. The summed E-state index contributed by atoms with van der Waals surface area (Å²) in [5.41, 5.74) is 1.70. The summed E-state index contributed by atoms with van der Waals surface area (Å²) in [5, 5.41) is 1.52. The third kappa shape index (κ3) is 3.84. The Morgan fingerprint density at radius 3 is 2.57 bits per heavy atom. The van der Waals surface area contributed by atoms with Crippen LogP contribution in [0.4, 0.5) is 0 Å². The van der Waals surface area contributed by atoms with Crippen LogP contribution in [0, 0.1) is 0 Å². The molecule has 2 heterocycles. The summed E-state index contributed by atoms with van der Waals surface area (Å²) in [4.78, 5) is 4.64. The van der Waals surface area contributed by atoms with E-state index in [-0.39, 0.29) is 4.90 Å². The summed E-state index contributed by atoms with van der Waals surface area (Å²) in [7, 11) is -3.51. The van der Waals surface area contributed by atoms with Crippen LogP contribution in [0.15, 0.2) is 59.6 Å². The largest absolute Gasteiger partial charge is 0.489 e. The third-order valence-corrected chi connectivity index (χ3v) is 6.87. The van der Waals surface area contributed by atoms with Crippen molar-refractivity contribution in [1.82, 2.24) is 9.29 Å². The van der Waals surface area contributed by atoms with Crippen molar-refractivity contribution in [3.05, 3.63) is 65.3 Å². The van der Waals surface area contributed by atoms with Gasteiger partial charge in [-0.3, -0.25) is 4.98 Å². The molecule has 8 heteroatoms. The lowest BCUT2D eigenvalue weighted by molar-refractivity contribution is 0.0730. The molecule has 0 unspecified atom stereocenters. The van der Waals surface area contributed by atoms with Gasteiger partial charge in [0.15, 0.2) is 0 Å². The van der Waals surface area contributed by atoms with Gasteiger partial charge in [0.1, 0.15) is 12.4 Å². The molecule has 0 bridgehead atoms. The van der Waals surface area contributed by atoms with Crippen LogP contribution in [0.1, 0.15) is 5.56 Å². The molecule has 1 aliphatic heterocycles. The quantitative estimate of drug-likeness (QED) is 0.634. The van der Waals surface area contributed by atoms with Gasteiger partial charge in [0.25, 0.3) is 0 Å². The second-order valence-electron chi connectivity index (χ2n) is 6.38. The van der Waals surface area contributed by atoms with E-state index in [2.05, 4.69) is 4.98 Å². The van der Waals surface area contributed by atoms with Crippen LogP contribution in [0.5, 0.6) is 5.75 Å². The minimum Gasteiger partial charge on any atom is -0.489 e. The number of hydrogen-bond acceptors (Lipinski definition) is 5. The first-order chi connectivity index (χ1) is 13.6. The number of morpholine rings is 1. The first-order valence-corrected chi connectivity index (χ1v) is 10.7. The van der Waals surface area contributed by atoms with E-state index in [4.69, 9.17) is 21.1 Å². The maximum Gasteiger partial charge on any atom is 0.243 e. The van der Waals surface area contributed by atoms with Gasteiger partial charge in [-0.15, -0.1) is 0 Å². The number of nitrogens with zero attached hydrogens (tertiary/aromatic N) is 2. The highest BCUT2D eigenvalue weighted by molar-refractivity contribution is 7.89. The van der Waals surface area contributed by atoms with Gasteiger partial charge in [-0.25, -0.2) is 8.42 Å². The van der Waals surface area contributed by atoms with Gasteiger partial charge in [0, 0.05) is 35.3 Å². The molecule has 0 atom stereocenters. The number of pyridine rings is 1. The van der Waals surface area contributed by atoms with Crippen molar-refractivity contribution >= 4 is 32.5 Å². The van der Waals surface area contributed by atoms with Crippen LogP contribution in [-0.4, -0.2) is 44.0 Å². The lowest BCUT2D eigenvalue weighted by Crippen LogP contribution is -2.40. The van der Waals surface area contributed by atoms with E-state index in [9.17, 15) is 8.42 Å². The van der Waals surface area contributed by atoms with Crippen molar-refractivity contribution in [2.24, 2.45) is 0 Å². The molecule has 1 aromatic heterocycles. The van der Waals surface area contributed by atoms with E-state index in [0.29, 0.717) is 43.7 Å². The predicted molar refractivity (Wildman–Crippen MR) is 107 cm³/mol. The molecule has 0 N–H and O–H groups in total. The van der Waals surface area contributed by atoms with E-state index in [0.717, 1.165) is 16.5 Å². The summed E-state index contributed by atoms with van der Waals surface area (Å²) in [6.07, 6.45) is 1.72. The van der Waals surface area contributed by atoms with Crippen LogP contribution in [-0.2, 0) is 21.4 Å². The Kier molecular flexibility index (Phi) is 5.50. The fourth-order valence-corrected chi connectivity index (χ4v) is 4.74. The maximum atomic E-state index is 12.7. The fourth-order valence-electron chi connectivity index (χ4n) is 3.12. The number of hydrogen-bond donors (Lipinski definition) is 0. The summed E-state index contributed by atoms with van der Waals surface area (Å²) in [6, 6.07) is 13.9. The number of aromatic nitrogens is 1. The topological polar surface area (TPSA) is 68.7 Å². The van der Waals surface area contributed by atoms with Crippen LogP contribution < -0.4 is 4.74 Å². The Balaban J connectivity index is 1.49. The summed E-state index contributed by atoms with van der Waals surface area (Å²) in [6.45, 7) is 1.89. The summed E-state index contributed by atoms with van der Waals surface area (Å²) in [5.74, 6) is 0.583. The Hall–Kier alpha value is -2.19. The molecule has 0 radical (unpaired) electrons. The van der Waals surface area contributed by atoms with Crippen LogP contribution >= 0.6 is 11.6 Å². The smallest absolute Gasteiger partial charge is 0.243 e. The second kappa shape index (κ2) is 8.05. The molecule has 0 aliphatic carbocycles. The van der Waals surface area contributed by atoms with Gasteiger partial charge in [-0.2, -0.15) is 4.31 Å². The van der Waals surface area contributed by atoms with Crippen molar-refractivity contribution < 1.29 is 17.9 Å². The Bertz CT molecular complexity index is 1080. The van der Waals surface area contributed by atoms with Gasteiger partial charge in [0.2, 0.25) is 10.0 Å². The van der Waals surface area contributed by atoms with E-state index in [1.54, 1.807) is 30.5 Å². The highest BCUT2D eigenvalue weighted by Gasteiger charge is 2.26. The molecule has 28 heavy (non-hydrogen) atoms. The average molecular weight is 419 g/mol. The molecule has 2 aromatic carbocycles. The first-order valence-electron chi connectivity index (χ1n) is 8.88. The number of benzene rings is 2. The third-order valence-electron chi connectivity index (χ3n) is 4.63. The number of sulfonamides is 1. The molecule has 0 spiro atoms. The number of fused-ring (bicyclic) bond motifs is 1. The highest BCUT2D eigenvalue weighted by Crippen LogP contribution is 2.26. The average Bonchev–Trinajstić information content (AvgIpc) is 2.74. The molecular formula is C20H19ClN2O4S. The molecule has 1 aliphatic rings. The van der Waals surface area contributed by atoms with E-state index in [1.165, 1.54) is 4.31 Å². The van der Waals surface area contributed by atoms with E-state index < -0.39 is 10.0 Å². The summed E-state index contributed by atoms with van der Waals surface area (Å²) < 4.78 is 37.8. The van der Waals surface area contributed by atoms with Crippen molar-refractivity contribution in [2.45, 2.75) is 11.5 Å². The Labute approximate surface area is 168 Å². The van der Waals surface area contributed by atoms with Crippen molar-refractivity contribution in [3.8, 4) is 5.75 Å². The number of rotatable bonds is 5. The van der Waals surface area contributed by atoms with Crippen molar-refractivity contribution in [2.75, 3.05) is 26.3 Å². The zero-order valence-electron chi connectivity index (χ0n) is 15.0. The molecule has 0 amide bonds. The molecule has 6 nitrogen and oxygen atoms in total. The molecule has 0 saturated carbocycles. The molecule has 4 rings (SSSR count). The van der Waals surface area contributed by atoms with Crippen LogP contribution in [0.3, 0.4) is 0 Å². The lowest BCUT2D eigenvalue weighted by atomic mass is 10.1. The monoisotopic (exact) mass is 418 g/mol. The molecule has 1 fully saturated rings. The fraction of sp³-hybridized carbons (Fsp3) is 0.250. The van der Waals surface area contributed by atoms with Crippen LogP contribution in [0.25, 0.3) is 10.9 Å². The normalized spacial score (nSPS) is 15.6. The molecular weight excluding hydrogens is 400 g/mol. The Morgan fingerprint density at radius 1 is 1.07 bits per heavy atom. The molecule has 146 valence electrons. The van der Waals surface area contributed by atoms with Gasteiger partial charge >= 0.3 is 0 Å². The van der Waals surface area contributed by atoms with E-state index in [1.807, 2.05) is 24.3 Å². The van der Waals surface area contributed by atoms with Crippen LogP contribution in [0.2, 0.25) is 5.02 Å². The summed E-state index contributed by atoms with van der Waals surface area (Å²) >= 11 is 6.22. The minimum absolute atomic E-state index is 0.250. The van der Waals surface area contributed by atoms with Crippen molar-refractivity contribution in [1.29, 1.82) is 0 Å². The van der Waals surface area contributed by atoms with Crippen molar-refractivity contribution in [3.63, 3.8) is 0 Å². The second-order valence-corrected chi connectivity index (χ2v) is 8.73. The van der Waals surface area contributed by atoms with E-state index >= 15 is 0 Å².